The summed E-state index contributed by atoms with van der Waals surface area (Å²) in [5.74, 6) is 1.38. The number of aromatic nitrogens is 1. The lowest BCUT2D eigenvalue weighted by molar-refractivity contribution is 0.321. The minimum Gasteiger partial charge on any atom is -0.326 e. The summed E-state index contributed by atoms with van der Waals surface area (Å²) >= 11 is 1.93. The molecule has 0 radical (unpaired) electrons. The van der Waals surface area contributed by atoms with Gasteiger partial charge in [-0.25, -0.2) is 4.98 Å². The summed E-state index contributed by atoms with van der Waals surface area (Å²) in [4.78, 5) is 8.53. The van der Waals surface area contributed by atoms with E-state index in [0.717, 1.165) is 25.6 Å². The molecule has 3 nitrogen and oxygen atoms in total. The van der Waals surface area contributed by atoms with Crippen molar-refractivity contribution >= 4 is 11.3 Å². The van der Waals surface area contributed by atoms with Crippen LogP contribution in [0.1, 0.15) is 48.4 Å². The summed E-state index contributed by atoms with van der Waals surface area (Å²) in [6.45, 7) is 5.47. The van der Waals surface area contributed by atoms with Gasteiger partial charge in [-0.1, -0.05) is 19.8 Å². The van der Waals surface area contributed by atoms with Crippen molar-refractivity contribution in [3.05, 3.63) is 16.1 Å². The third-order valence-corrected chi connectivity index (χ3v) is 5.55. The van der Waals surface area contributed by atoms with Crippen LogP contribution in [0.4, 0.5) is 0 Å². The summed E-state index contributed by atoms with van der Waals surface area (Å²) in [7, 11) is 0. The van der Waals surface area contributed by atoms with Gasteiger partial charge in [0.15, 0.2) is 0 Å². The fourth-order valence-electron chi connectivity index (χ4n) is 3.20. The van der Waals surface area contributed by atoms with Crippen LogP contribution in [0.5, 0.6) is 0 Å². The summed E-state index contributed by atoms with van der Waals surface area (Å²) in [5, 5.41) is 1.37. The largest absolute Gasteiger partial charge is 0.326 e. The Morgan fingerprint density at radius 3 is 2.83 bits per heavy atom. The van der Waals surface area contributed by atoms with E-state index in [2.05, 4.69) is 23.0 Å². The molecule has 2 heterocycles. The number of nitrogens with zero attached hydrogens (tertiary/aromatic N) is 2. The van der Waals surface area contributed by atoms with E-state index < -0.39 is 0 Å². The van der Waals surface area contributed by atoms with Crippen molar-refractivity contribution in [1.82, 2.24) is 9.88 Å². The Morgan fingerprint density at radius 1 is 1.39 bits per heavy atom. The Kier molecular flexibility index (Phi) is 3.68. The number of rotatable bonds is 3. The highest BCUT2D eigenvalue weighted by Gasteiger charge is 2.27. The first kappa shape index (κ1) is 12.6. The van der Waals surface area contributed by atoms with E-state index in [1.165, 1.54) is 35.6 Å². The summed E-state index contributed by atoms with van der Waals surface area (Å²) in [6.07, 6.45) is 7.56. The van der Waals surface area contributed by atoms with Crippen molar-refractivity contribution in [2.45, 2.75) is 51.1 Å². The number of likely N-dealkylation sites (tertiary alicyclic amines) is 1. The van der Waals surface area contributed by atoms with Gasteiger partial charge in [0, 0.05) is 42.7 Å². The van der Waals surface area contributed by atoms with Gasteiger partial charge in [0.1, 0.15) is 0 Å². The maximum atomic E-state index is 6.07. The second-order valence-electron chi connectivity index (χ2n) is 5.98. The molecule has 1 aliphatic heterocycles. The van der Waals surface area contributed by atoms with E-state index in [-0.39, 0.29) is 0 Å². The monoisotopic (exact) mass is 265 g/mol. The SMILES string of the molecule is CC1CN(Cc2cnc(C3CCCC3)s2)CC1N. The van der Waals surface area contributed by atoms with Gasteiger partial charge in [-0.2, -0.15) is 0 Å². The number of thiazole rings is 1. The molecule has 0 aromatic carbocycles. The molecule has 2 atom stereocenters. The lowest BCUT2D eigenvalue weighted by Crippen LogP contribution is -2.28. The Morgan fingerprint density at radius 2 is 2.17 bits per heavy atom. The van der Waals surface area contributed by atoms with Gasteiger partial charge >= 0.3 is 0 Å². The lowest BCUT2D eigenvalue weighted by Gasteiger charge is -2.13. The Hall–Kier alpha value is -0.450. The summed E-state index contributed by atoms with van der Waals surface area (Å²) in [6, 6.07) is 0.354. The van der Waals surface area contributed by atoms with E-state index in [1.54, 1.807) is 0 Å². The molecule has 1 aliphatic carbocycles. The van der Waals surface area contributed by atoms with Crippen LogP contribution < -0.4 is 5.73 Å². The first-order chi connectivity index (χ1) is 8.72. The first-order valence-electron chi connectivity index (χ1n) is 7.15. The highest BCUT2D eigenvalue weighted by atomic mass is 32.1. The molecule has 2 N–H and O–H groups in total. The fraction of sp³-hybridized carbons (Fsp3) is 0.786. The quantitative estimate of drug-likeness (QED) is 0.913. The van der Waals surface area contributed by atoms with Crippen LogP contribution in [0.3, 0.4) is 0 Å². The molecule has 1 saturated carbocycles. The van der Waals surface area contributed by atoms with Gasteiger partial charge in [0.25, 0.3) is 0 Å². The van der Waals surface area contributed by atoms with Gasteiger partial charge in [-0.3, -0.25) is 4.90 Å². The Balaban J connectivity index is 1.60. The zero-order chi connectivity index (χ0) is 12.5. The van der Waals surface area contributed by atoms with Crippen molar-refractivity contribution in [3.8, 4) is 0 Å². The third-order valence-electron chi connectivity index (χ3n) is 4.40. The Bertz CT molecular complexity index is 387. The second kappa shape index (κ2) is 5.27. The smallest absolute Gasteiger partial charge is 0.0959 e. The minimum absolute atomic E-state index is 0.354. The van der Waals surface area contributed by atoms with Crippen LogP contribution in [0.25, 0.3) is 0 Å². The number of nitrogens with two attached hydrogens (primary N) is 1. The van der Waals surface area contributed by atoms with E-state index in [9.17, 15) is 0 Å². The highest BCUT2D eigenvalue weighted by Crippen LogP contribution is 2.36. The zero-order valence-electron chi connectivity index (χ0n) is 11.1. The topological polar surface area (TPSA) is 42.2 Å². The molecule has 1 aromatic heterocycles. The number of hydrogen-bond donors (Lipinski definition) is 1. The van der Waals surface area contributed by atoms with E-state index in [0.29, 0.717) is 12.0 Å². The van der Waals surface area contributed by atoms with E-state index in [4.69, 9.17) is 5.73 Å². The molecule has 4 heteroatoms. The fourth-order valence-corrected chi connectivity index (χ4v) is 4.33. The average Bonchev–Trinajstić information content (AvgIpc) is 3.02. The van der Waals surface area contributed by atoms with Crippen LogP contribution in [0.2, 0.25) is 0 Å². The van der Waals surface area contributed by atoms with Crippen LogP contribution in [-0.4, -0.2) is 29.0 Å². The summed E-state index contributed by atoms with van der Waals surface area (Å²) < 4.78 is 0. The molecule has 2 fully saturated rings. The molecule has 1 aromatic rings. The maximum absolute atomic E-state index is 6.07. The van der Waals surface area contributed by atoms with Crippen molar-refractivity contribution in [1.29, 1.82) is 0 Å². The van der Waals surface area contributed by atoms with Crippen LogP contribution in [0, 0.1) is 5.92 Å². The first-order valence-corrected chi connectivity index (χ1v) is 7.96. The molecular weight excluding hydrogens is 242 g/mol. The molecule has 0 bridgehead atoms. The van der Waals surface area contributed by atoms with Crippen molar-refractivity contribution in [2.24, 2.45) is 11.7 Å². The second-order valence-corrected chi connectivity index (χ2v) is 7.13. The highest BCUT2D eigenvalue weighted by molar-refractivity contribution is 7.11. The van der Waals surface area contributed by atoms with Crippen molar-refractivity contribution in [2.75, 3.05) is 13.1 Å². The van der Waals surface area contributed by atoms with Gasteiger partial charge < -0.3 is 5.73 Å². The molecule has 2 aliphatic rings. The van der Waals surface area contributed by atoms with Crippen LogP contribution in [0.15, 0.2) is 6.20 Å². The summed E-state index contributed by atoms with van der Waals surface area (Å²) in [5.41, 5.74) is 6.07. The molecule has 100 valence electrons. The molecule has 0 spiro atoms. The Labute approximate surface area is 113 Å². The molecule has 0 amide bonds. The standard InChI is InChI=1S/C14H23N3S/c1-10-7-17(9-13(10)15)8-12-6-16-14(18-12)11-4-2-3-5-11/h6,10-11,13H,2-5,7-9,15H2,1H3. The average molecular weight is 265 g/mol. The number of hydrogen-bond acceptors (Lipinski definition) is 4. The molecule has 18 heavy (non-hydrogen) atoms. The minimum atomic E-state index is 0.354. The molecule has 2 unspecified atom stereocenters. The van der Waals surface area contributed by atoms with Gasteiger partial charge in [0.05, 0.1) is 5.01 Å². The van der Waals surface area contributed by atoms with Gasteiger partial charge in [-0.05, 0) is 18.8 Å². The van der Waals surface area contributed by atoms with Crippen LogP contribution in [-0.2, 0) is 6.54 Å². The van der Waals surface area contributed by atoms with Gasteiger partial charge in [-0.15, -0.1) is 11.3 Å². The maximum Gasteiger partial charge on any atom is 0.0959 e. The van der Waals surface area contributed by atoms with Crippen molar-refractivity contribution in [3.63, 3.8) is 0 Å². The predicted molar refractivity (Wildman–Crippen MR) is 75.7 cm³/mol. The predicted octanol–water partition coefficient (Wildman–Crippen LogP) is 2.58. The normalized spacial score (nSPS) is 30.3. The lowest BCUT2D eigenvalue weighted by atomic mass is 10.1. The molecule has 1 saturated heterocycles. The van der Waals surface area contributed by atoms with E-state index >= 15 is 0 Å². The molecular formula is C14H23N3S. The van der Waals surface area contributed by atoms with Gasteiger partial charge in [0.2, 0.25) is 0 Å². The third kappa shape index (κ3) is 2.60. The van der Waals surface area contributed by atoms with Crippen molar-refractivity contribution < 1.29 is 0 Å². The van der Waals surface area contributed by atoms with Crippen LogP contribution >= 0.6 is 11.3 Å². The zero-order valence-corrected chi connectivity index (χ0v) is 12.0. The van der Waals surface area contributed by atoms with E-state index in [1.807, 2.05) is 11.3 Å². The molecule has 3 rings (SSSR count).